The highest BCUT2D eigenvalue weighted by molar-refractivity contribution is 6.74. The number of nitrogens with one attached hydrogen (secondary N) is 2. The van der Waals surface area contributed by atoms with Gasteiger partial charge >= 0.3 is 6.18 Å². The lowest BCUT2D eigenvalue weighted by Crippen LogP contribution is -2.44. The number of hydrogen-bond donors (Lipinski definition) is 2. The van der Waals surface area contributed by atoms with E-state index in [9.17, 15) is 18.0 Å². The molecule has 1 saturated heterocycles. The molecule has 9 heteroatoms. The monoisotopic (exact) mass is 459 g/mol. The number of amides is 1. The number of likely N-dealkylation sites (tertiary alicyclic amines) is 1. The van der Waals surface area contributed by atoms with E-state index in [1.54, 1.807) is 12.1 Å². The van der Waals surface area contributed by atoms with E-state index in [0.717, 1.165) is 31.6 Å². The summed E-state index contributed by atoms with van der Waals surface area (Å²) in [4.78, 5) is 14.4. The zero-order valence-electron chi connectivity index (χ0n) is 19.4. The molecule has 5 nitrogen and oxygen atoms in total. The molecule has 0 aliphatic carbocycles. The van der Waals surface area contributed by atoms with Crippen molar-refractivity contribution in [2.45, 2.75) is 63.6 Å². The normalized spacial score (nSPS) is 19.5. The average Bonchev–Trinajstić information content (AvgIpc) is 3.09. The molecule has 0 aromatic heterocycles. The lowest BCUT2D eigenvalue weighted by molar-refractivity contribution is -0.123. The summed E-state index contributed by atoms with van der Waals surface area (Å²) in [6.07, 6.45) is -3.22. The van der Waals surface area contributed by atoms with Crippen LogP contribution in [0.4, 0.5) is 13.2 Å². The fourth-order valence-corrected chi connectivity index (χ4v) is 4.83. The Hall–Kier alpha value is -1.42. The van der Waals surface area contributed by atoms with Gasteiger partial charge in [-0.1, -0.05) is 32.9 Å². The van der Waals surface area contributed by atoms with Crippen molar-refractivity contribution in [1.29, 1.82) is 0 Å². The summed E-state index contributed by atoms with van der Waals surface area (Å²) >= 11 is 0. The predicted octanol–water partition coefficient (Wildman–Crippen LogP) is 4.34. The minimum atomic E-state index is -4.43. The molecule has 0 radical (unpaired) electrons. The van der Waals surface area contributed by atoms with Gasteiger partial charge in [-0.05, 0) is 49.3 Å². The molecule has 1 amide bonds. The number of halogens is 3. The van der Waals surface area contributed by atoms with Gasteiger partial charge in [-0.15, -0.1) is 0 Å². The third-order valence-corrected chi connectivity index (χ3v) is 10.8. The fourth-order valence-electron chi connectivity index (χ4n) is 3.45. The van der Waals surface area contributed by atoms with Gasteiger partial charge in [0, 0.05) is 31.2 Å². The Labute approximate surface area is 184 Å². The van der Waals surface area contributed by atoms with E-state index in [2.05, 4.69) is 44.1 Å². The van der Waals surface area contributed by atoms with Gasteiger partial charge in [-0.2, -0.15) is 13.2 Å². The summed E-state index contributed by atoms with van der Waals surface area (Å²) in [5, 5.41) is 5.37. The van der Waals surface area contributed by atoms with Crippen LogP contribution in [0.25, 0.3) is 0 Å². The van der Waals surface area contributed by atoms with Crippen molar-refractivity contribution in [2.24, 2.45) is 0 Å². The van der Waals surface area contributed by atoms with Crippen LogP contribution >= 0.6 is 0 Å². The largest absolute Gasteiger partial charge is 0.413 e. The van der Waals surface area contributed by atoms with Crippen LogP contribution < -0.4 is 10.6 Å². The van der Waals surface area contributed by atoms with Crippen LogP contribution in [0.1, 0.15) is 49.2 Å². The predicted molar refractivity (Wildman–Crippen MR) is 120 cm³/mol. The van der Waals surface area contributed by atoms with Gasteiger partial charge < -0.3 is 15.1 Å². The minimum absolute atomic E-state index is 0.0398. The summed E-state index contributed by atoms with van der Waals surface area (Å²) in [5.41, 5.74) is 1.10. The number of rotatable bonds is 8. The SMILES string of the molecule is CN[C@H](CN1CCC(O[Si](C)(C)C(C)(C)C)C1)c1cccc(C(=O)NCC(F)(F)F)c1. The lowest BCUT2D eigenvalue weighted by atomic mass is 10.0. The number of nitrogens with zero attached hydrogens (tertiary/aromatic N) is 1. The summed E-state index contributed by atoms with van der Waals surface area (Å²) < 4.78 is 43.7. The van der Waals surface area contributed by atoms with Crippen LogP contribution in [0.2, 0.25) is 18.1 Å². The minimum Gasteiger partial charge on any atom is -0.413 e. The van der Waals surface area contributed by atoms with Crippen LogP contribution in [0, 0.1) is 0 Å². The molecule has 1 unspecified atom stereocenters. The average molecular weight is 460 g/mol. The fraction of sp³-hybridized carbons (Fsp3) is 0.682. The molecule has 176 valence electrons. The number of likely N-dealkylation sites (N-methyl/N-ethyl adjacent to an activating group) is 1. The van der Waals surface area contributed by atoms with Gasteiger partial charge in [0.25, 0.3) is 5.91 Å². The van der Waals surface area contributed by atoms with E-state index >= 15 is 0 Å². The molecule has 1 aliphatic rings. The molecule has 1 heterocycles. The standard InChI is InChI=1S/C22H36F3N3O2Si/c1-21(2,3)31(5,6)30-18-10-11-28(13-18)14-19(26-4)16-8-7-9-17(12-16)20(29)27-15-22(23,24)25/h7-9,12,18-19,26H,10-11,13-15H2,1-6H3,(H,27,29)/t18?,19-/m1/s1. The molecule has 2 N–H and O–H groups in total. The Balaban J connectivity index is 1.99. The van der Waals surface area contributed by atoms with Gasteiger partial charge in [0.2, 0.25) is 0 Å². The Morgan fingerprint density at radius 3 is 2.55 bits per heavy atom. The number of carbonyl (C=O) groups excluding carboxylic acids is 1. The first-order chi connectivity index (χ1) is 14.2. The molecule has 2 atom stereocenters. The summed E-state index contributed by atoms with van der Waals surface area (Å²) in [7, 11) is 0.0279. The van der Waals surface area contributed by atoms with Crippen molar-refractivity contribution in [3.63, 3.8) is 0 Å². The lowest BCUT2D eigenvalue weighted by Gasteiger charge is -2.38. The van der Waals surface area contributed by atoms with E-state index in [-0.39, 0.29) is 22.7 Å². The van der Waals surface area contributed by atoms with E-state index in [4.69, 9.17) is 4.43 Å². The van der Waals surface area contributed by atoms with Crippen molar-refractivity contribution in [2.75, 3.05) is 33.2 Å². The summed E-state index contributed by atoms with van der Waals surface area (Å²) in [5.74, 6) is -0.724. The summed E-state index contributed by atoms with van der Waals surface area (Å²) in [6.45, 7) is 12.4. The van der Waals surface area contributed by atoms with Crippen LogP contribution in [0.3, 0.4) is 0 Å². The maximum Gasteiger partial charge on any atom is 0.405 e. The second kappa shape index (κ2) is 10.0. The Morgan fingerprint density at radius 2 is 1.97 bits per heavy atom. The molecule has 0 spiro atoms. The summed E-state index contributed by atoms with van der Waals surface area (Å²) in [6, 6.07) is 6.74. The highest BCUT2D eigenvalue weighted by Gasteiger charge is 2.40. The zero-order chi connectivity index (χ0) is 23.4. The quantitative estimate of drug-likeness (QED) is 0.568. The van der Waals surface area contributed by atoms with Gasteiger partial charge in [0.15, 0.2) is 8.32 Å². The first kappa shape index (κ1) is 25.8. The Kier molecular flexibility index (Phi) is 8.35. The van der Waals surface area contributed by atoms with E-state index in [1.165, 1.54) is 6.07 Å². The van der Waals surface area contributed by atoms with Crippen LogP contribution in [-0.4, -0.2) is 64.6 Å². The molecule has 1 aliphatic heterocycles. The van der Waals surface area contributed by atoms with Crippen molar-refractivity contribution in [3.05, 3.63) is 35.4 Å². The van der Waals surface area contributed by atoms with Crippen molar-refractivity contribution >= 4 is 14.2 Å². The van der Waals surface area contributed by atoms with Gasteiger partial charge in [-0.25, -0.2) is 0 Å². The first-order valence-electron chi connectivity index (χ1n) is 10.7. The van der Waals surface area contributed by atoms with Crippen LogP contribution in [-0.2, 0) is 4.43 Å². The molecule has 31 heavy (non-hydrogen) atoms. The topological polar surface area (TPSA) is 53.6 Å². The Morgan fingerprint density at radius 1 is 1.29 bits per heavy atom. The maximum absolute atomic E-state index is 12.4. The molecular weight excluding hydrogens is 423 g/mol. The molecular formula is C22H36F3N3O2Si. The number of benzene rings is 1. The second-order valence-electron chi connectivity index (χ2n) is 9.81. The second-order valence-corrected chi connectivity index (χ2v) is 14.6. The highest BCUT2D eigenvalue weighted by Crippen LogP contribution is 2.38. The first-order valence-corrected chi connectivity index (χ1v) is 13.6. The van der Waals surface area contributed by atoms with E-state index in [1.807, 2.05) is 18.4 Å². The third-order valence-electron chi connectivity index (χ3n) is 6.29. The number of carbonyl (C=O) groups is 1. The maximum atomic E-state index is 12.4. The van der Waals surface area contributed by atoms with Gasteiger partial charge in [0.1, 0.15) is 6.54 Å². The molecule has 0 saturated carbocycles. The van der Waals surface area contributed by atoms with Crippen molar-refractivity contribution < 1.29 is 22.4 Å². The highest BCUT2D eigenvalue weighted by atomic mass is 28.4. The Bertz CT molecular complexity index is 750. The van der Waals surface area contributed by atoms with Crippen LogP contribution in [0.5, 0.6) is 0 Å². The molecule has 0 bridgehead atoms. The number of alkyl halides is 3. The number of hydrogen-bond acceptors (Lipinski definition) is 4. The van der Waals surface area contributed by atoms with Gasteiger partial charge in [0.05, 0.1) is 6.10 Å². The third kappa shape index (κ3) is 7.59. The molecule has 2 rings (SSSR count). The van der Waals surface area contributed by atoms with E-state index < -0.39 is 26.9 Å². The van der Waals surface area contributed by atoms with Crippen LogP contribution in [0.15, 0.2) is 24.3 Å². The van der Waals surface area contributed by atoms with E-state index in [0.29, 0.717) is 0 Å². The van der Waals surface area contributed by atoms with Crippen molar-refractivity contribution in [3.8, 4) is 0 Å². The zero-order valence-corrected chi connectivity index (χ0v) is 20.4. The smallest absolute Gasteiger partial charge is 0.405 e. The molecule has 1 fully saturated rings. The van der Waals surface area contributed by atoms with Gasteiger partial charge in [-0.3, -0.25) is 9.69 Å². The molecule has 1 aromatic rings. The van der Waals surface area contributed by atoms with Crippen molar-refractivity contribution in [1.82, 2.24) is 15.5 Å². The molecule has 1 aromatic carbocycles.